The third-order valence-electron chi connectivity index (χ3n) is 5.71. The number of nitrogens with zero attached hydrogens (tertiary/aromatic N) is 1. The first-order valence-electron chi connectivity index (χ1n) is 9.94. The van der Waals surface area contributed by atoms with Crippen LogP contribution in [-0.2, 0) is 16.0 Å². The predicted octanol–water partition coefficient (Wildman–Crippen LogP) is 2.76. The topological polar surface area (TPSA) is 69.8 Å². The molecule has 29 heavy (non-hydrogen) atoms. The monoisotopic (exact) mass is 384 g/mol. The summed E-state index contributed by atoms with van der Waals surface area (Å²) in [6.45, 7) is 0.761. The van der Waals surface area contributed by atoms with E-state index in [2.05, 4.69) is 17.1 Å². The number of nitrogens with one attached hydrogen (secondary N) is 1. The molecule has 3 N–H and O–H groups in total. The number of carbonyl (C=O) groups excluding carboxylic acids is 2. The molecule has 1 saturated heterocycles. The maximum atomic E-state index is 12.9. The maximum absolute atomic E-state index is 12.9. The highest BCUT2D eigenvalue weighted by Gasteiger charge is 2.42. The molecular formula is C24H22N3O2+. The maximum Gasteiger partial charge on any atom is 0.292 e. The number of quaternary nitrogens is 1. The number of imide groups is 1. The molecule has 5 nitrogen and oxygen atoms in total. The Bertz CT molecular complexity index is 1230. The van der Waals surface area contributed by atoms with Crippen molar-refractivity contribution in [3.05, 3.63) is 78.5 Å². The molecule has 0 bridgehead atoms. The lowest BCUT2D eigenvalue weighted by molar-refractivity contribution is -0.674. The number of aromatic amines is 1. The van der Waals surface area contributed by atoms with Gasteiger partial charge in [-0.3, -0.25) is 9.59 Å². The largest absolute Gasteiger partial charge is 0.361 e. The van der Waals surface area contributed by atoms with Gasteiger partial charge in [0.25, 0.3) is 5.91 Å². The fourth-order valence-corrected chi connectivity index (χ4v) is 4.21. The Morgan fingerprint density at radius 3 is 2.66 bits per heavy atom. The van der Waals surface area contributed by atoms with Crippen LogP contribution in [0.2, 0.25) is 0 Å². The fourth-order valence-electron chi connectivity index (χ4n) is 4.21. The van der Waals surface area contributed by atoms with Crippen LogP contribution >= 0.6 is 0 Å². The van der Waals surface area contributed by atoms with Gasteiger partial charge in [-0.15, -0.1) is 0 Å². The van der Waals surface area contributed by atoms with E-state index in [1.165, 1.54) is 15.8 Å². The van der Waals surface area contributed by atoms with Crippen molar-refractivity contribution in [2.75, 3.05) is 11.4 Å². The van der Waals surface area contributed by atoms with Crippen LogP contribution in [0.15, 0.2) is 72.9 Å². The highest BCUT2D eigenvalue weighted by atomic mass is 16.2. The molecule has 4 aromatic rings. The van der Waals surface area contributed by atoms with E-state index in [0.29, 0.717) is 5.69 Å². The first kappa shape index (κ1) is 17.6. The summed E-state index contributed by atoms with van der Waals surface area (Å²) in [5.74, 6) is -0.247. The quantitative estimate of drug-likeness (QED) is 0.520. The molecule has 0 saturated carbocycles. The third-order valence-corrected chi connectivity index (χ3v) is 5.71. The summed E-state index contributed by atoms with van der Waals surface area (Å²) in [6, 6.07) is 21.5. The first-order valence-corrected chi connectivity index (χ1v) is 9.94. The van der Waals surface area contributed by atoms with Gasteiger partial charge in [-0.25, -0.2) is 4.90 Å². The van der Waals surface area contributed by atoms with Crippen molar-refractivity contribution in [1.82, 2.24) is 4.98 Å². The van der Waals surface area contributed by atoms with Crippen molar-refractivity contribution in [2.24, 2.45) is 0 Å². The molecule has 1 aromatic heterocycles. The summed E-state index contributed by atoms with van der Waals surface area (Å²) in [7, 11) is 0. The second-order valence-electron chi connectivity index (χ2n) is 7.54. The van der Waals surface area contributed by atoms with Crippen LogP contribution in [0.3, 0.4) is 0 Å². The SMILES string of the molecule is O=C1C[C@H]([NH2+]CCc2c[nH]c3ccccc23)C(=O)N1c1ccc2ccccc2c1. The number of hydrogen-bond donors (Lipinski definition) is 2. The Balaban J connectivity index is 1.28. The lowest BCUT2D eigenvalue weighted by Gasteiger charge is -2.15. The van der Waals surface area contributed by atoms with Gasteiger partial charge in [0.2, 0.25) is 5.91 Å². The molecule has 5 heteroatoms. The van der Waals surface area contributed by atoms with E-state index in [1.807, 2.05) is 66.1 Å². The zero-order chi connectivity index (χ0) is 19.8. The van der Waals surface area contributed by atoms with Crippen LogP contribution in [0.5, 0.6) is 0 Å². The molecule has 144 valence electrons. The number of benzene rings is 3. The lowest BCUT2D eigenvalue weighted by atomic mass is 10.1. The number of hydrogen-bond acceptors (Lipinski definition) is 2. The number of H-pyrrole nitrogens is 1. The molecule has 1 atom stereocenters. The van der Waals surface area contributed by atoms with Gasteiger partial charge in [0, 0.05) is 23.5 Å². The summed E-state index contributed by atoms with van der Waals surface area (Å²) >= 11 is 0. The zero-order valence-electron chi connectivity index (χ0n) is 16.0. The molecule has 0 spiro atoms. The van der Waals surface area contributed by atoms with Gasteiger partial charge in [-0.2, -0.15) is 0 Å². The minimum Gasteiger partial charge on any atom is -0.361 e. The van der Waals surface area contributed by atoms with E-state index in [0.717, 1.165) is 29.3 Å². The number of fused-ring (bicyclic) bond motifs is 2. The molecule has 1 aliphatic rings. The second-order valence-corrected chi connectivity index (χ2v) is 7.54. The van der Waals surface area contributed by atoms with E-state index in [-0.39, 0.29) is 24.3 Å². The molecule has 2 amide bonds. The van der Waals surface area contributed by atoms with Crippen molar-refractivity contribution >= 4 is 39.2 Å². The fraction of sp³-hybridized carbons (Fsp3) is 0.167. The van der Waals surface area contributed by atoms with Crippen LogP contribution in [0.1, 0.15) is 12.0 Å². The van der Waals surface area contributed by atoms with Crippen LogP contribution in [0, 0.1) is 0 Å². The molecule has 0 unspecified atom stereocenters. The predicted molar refractivity (Wildman–Crippen MR) is 114 cm³/mol. The van der Waals surface area contributed by atoms with Crippen molar-refractivity contribution in [3.8, 4) is 0 Å². The number of rotatable bonds is 5. The van der Waals surface area contributed by atoms with E-state index in [9.17, 15) is 9.59 Å². The van der Waals surface area contributed by atoms with Crippen molar-refractivity contribution in [1.29, 1.82) is 0 Å². The molecule has 5 rings (SSSR count). The molecule has 2 heterocycles. The number of para-hydroxylation sites is 1. The molecule has 0 aliphatic carbocycles. The van der Waals surface area contributed by atoms with Gasteiger partial charge in [-0.1, -0.05) is 48.5 Å². The van der Waals surface area contributed by atoms with Crippen molar-refractivity contribution in [2.45, 2.75) is 18.9 Å². The average Bonchev–Trinajstić information content (AvgIpc) is 3.28. The third kappa shape index (κ3) is 3.19. The van der Waals surface area contributed by atoms with Crippen molar-refractivity contribution < 1.29 is 14.9 Å². The Morgan fingerprint density at radius 2 is 1.76 bits per heavy atom. The molecule has 0 radical (unpaired) electrons. The summed E-state index contributed by atoms with van der Waals surface area (Å²) in [4.78, 5) is 30.1. The number of carbonyl (C=O) groups is 2. The Labute approximate surface area is 168 Å². The Hall–Kier alpha value is -3.44. The lowest BCUT2D eigenvalue weighted by Crippen LogP contribution is -2.92. The highest BCUT2D eigenvalue weighted by molar-refractivity contribution is 6.22. The summed E-state index contributed by atoms with van der Waals surface area (Å²) in [5.41, 5.74) is 3.02. The molecular weight excluding hydrogens is 362 g/mol. The second kappa shape index (κ2) is 7.18. The van der Waals surface area contributed by atoms with Crippen LogP contribution in [0.4, 0.5) is 5.69 Å². The van der Waals surface area contributed by atoms with E-state index in [1.54, 1.807) is 0 Å². The summed E-state index contributed by atoms with van der Waals surface area (Å²) in [5, 5.41) is 5.34. The van der Waals surface area contributed by atoms with Crippen LogP contribution in [0.25, 0.3) is 21.7 Å². The summed E-state index contributed by atoms with van der Waals surface area (Å²) < 4.78 is 0. The van der Waals surface area contributed by atoms with Crippen LogP contribution in [-0.4, -0.2) is 29.4 Å². The number of anilines is 1. The van der Waals surface area contributed by atoms with Gasteiger partial charge in [0.05, 0.1) is 18.7 Å². The molecule has 1 aliphatic heterocycles. The van der Waals surface area contributed by atoms with Crippen LogP contribution < -0.4 is 10.2 Å². The highest BCUT2D eigenvalue weighted by Crippen LogP contribution is 2.26. The normalized spacial score (nSPS) is 17.0. The van der Waals surface area contributed by atoms with Gasteiger partial charge >= 0.3 is 0 Å². The minimum absolute atomic E-state index is 0.121. The first-order chi connectivity index (χ1) is 14.2. The van der Waals surface area contributed by atoms with Gasteiger partial charge in [0.1, 0.15) is 0 Å². The number of amides is 2. The van der Waals surface area contributed by atoms with E-state index < -0.39 is 0 Å². The molecule has 3 aromatic carbocycles. The Kier molecular flexibility index (Phi) is 4.37. The number of nitrogens with two attached hydrogens (primary N) is 1. The standard InChI is InChI=1S/C24H21N3O2/c28-23-14-22(25-12-11-18-15-26-21-8-4-3-7-20(18)21)24(29)27(23)19-10-9-16-5-1-2-6-17(16)13-19/h1-10,13,15,22,25-26H,11-12,14H2/p+1/t22-/m0/s1. The summed E-state index contributed by atoms with van der Waals surface area (Å²) in [6.07, 6.45) is 3.12. The average molecular weight is 384 g/mol. The van der Waals surface area contributed by atoms with Gasteiger partial charge in [0.15, 0.2) is 6.04 Å². The smallest absolute Gasteiger partial charge is 0.292 e. The van der Waals surface area contributed by atoms with Gasteiger partial charge < -0.3 is 10.3 Å². The minimum atomic E-state index is -0.348. The van der Waals surface area contributed by atoms with E-state index >= 15 is 0 Å². The zero-order valence-corrected chi connectivity index (χ0v) is 16.0. The number of aromatic nitrogens is 1. The van der Waals surface area contributed by atoms with Gasteiger partial charge in [-0.05, 0) is 34.5 Å². The molecule has 1 fully saturated rings. The van der Waals surface area contributed by atoms with E-state index in [4.69, 9.17) is 0 Å². The Morgan fingerprint density at radius 1 is 0.966 bits per heavy atom. The van der Waals surface area contributed by atoms with Crippen molar-refractivity contribution in [3.63, 3.8) is 0 Å².